The highest BCUT2D eigenvalue weighted by Gasteiger charge is 2.19. The summed E-state index contributed by atoms with van der Waals surface area (Å²) in [5.41, 5.74) is 7.11. The molecule has 0 radical (unpaired) electrons. The molecular formula is C13H19NO. The van der Waals surface area contributed by atoms with Crippen molar-refractivity contribution in [1.82, 2.24) is 0 Å². The Balaban J connectivity index is 1.94. The monoisotopic (exact) mass is 205 g/mol. The molecule has 0 saturated heterocycles. The van der Waals surface area contributed by atoms with E-state index in [2.05, 4.69) is 25.1 Å². The van der Waals surface area contributed by atoms with Gasteiger partial charge in [0.15, 0.2) is 0 Å². The molecule has 2 N–H and O–H groups in total. The van der Waals surface area contributed by atoms with Crippen molar-refractivity contribution in [2.45, 2.75) is 32.2 Å². The Bertz CT molecular complexity index is 322. The fourth-order valence-electron chi connectivity index (χ4n) is 2.07. The van der Waals surface area contributed by atoms with Crippen LogP contribution in [0.5, 0.6) is 5.75 Å². The number of benzene rings is 1. The summed E-state index contributed by atoms with van der Waals surface area (Å²) in [6.45, 7) is 2.92. The van der Waals surface area contributed by atoms with Crippen LogP contribution < -0.4 is 10.5 Å². The maximum absolute atomic E-state index is 5.76. The van der Waals surface area contributed by atoms with Crippen molar-refractivity contribution in [1.29, 1.82) is 0 Å². The smallest absolute Gasteiger partial charge is 0.122 e. The lowest BCUT2D eigenvalue weighted by atomic mass is 9.92. The molecule has 1 aromatic carbocycles. The highest BCUT2D eigenvalue weighted by Crippen LogP contribution is 2.28. The summed E-state index contributed by atoms with van der Waals surface area (Å²) in [7, 11) is 0. The Morgan fingerprint density at radius 1 is 1.47 bits per heavy atom. The Labute approximate surface area is 91.4 Å². The van der Waals surface area contributed by atoms with Gasteiger partial charge in [-0.05, 0) is 43.7 Å². The molecule has 0 fully saturated rings. The molecule has 82 valence electrons. The highest BCUT2D eigenvalue weighted by molar-refractivity contribution is 5.34. The molecule has 0 saturated carbocycles. The van der Waals surface area contributed by atoms with Crippen LogP contribution in [-0.4, -0.2) is 12.6 Å². The van der Waals surface area contributed by atoms with Crippen LogP contribution in [-0.2, 0) is 6.42 Å². The molecule has 15 heavy (non-hydrogen) atoms. The second kappa shape index (κ2) is 4.67. The maximum atomic E-state index is 5.76. The second-order valence-electron chi connectivity index (χ2n) is 4.54. The summed E-state index contributed by atoms with van der Waals surface area (Å²) in [5, 5.41) is 0. The minimum atomic E-state index is 0.308. The molecule has 1 aliphatic heterocycles. The van der Waals surface area contributed by atoms with Crippen molar-refractivity contribution >= 4 is 0 Å². The number of para-hydroxylation sites is 1. The minimum absolute atomic E-state index is 0.308. The van der Waals surface area contributed by atoms with Crippen molar-refractivity contribution < 1.29 is 4.74 Å². The summed E-state index contributed by atoms with van der Waals surface area (Å²) in [6, 6.07) is 8.63. The zero-order chi connectivity index (χ0) is 10.7. The maximum Gasteiger partial charge on any atom is 0.122 e. The van der Waals surface area contributed by atoms with Crippen molar-refractivity contribution in [3.05, 3.63) is 29.8 Å². The molecular weight excluding hydrogens is 186 g/mol. The fourth-order valence-corrected chi connectivity index (χ4v) is 2.07. The molecule has 0 spiro atoms. The van der Waals surface area contributed by atoms with Crippen LogP contribution in [0, 0.1) is 5.92 Å². The predicted molar refractivity (Wildman–Crippen MR) is 62.0 cm³/mol. The zero-order valence-electron chi connectivity index (χ0n) is 9.28. The van der Waals surface area contributed by atoms with Gasteiger partial charge in [0, 0.05) is 6.04 Å². The van der Waals surface area contributed by atoms with Gasteiger partial charge in [0.1, 0.15) is 5.75 Å². The van der Waals surface area contributed by atoms with Gasteiger partial charge in [-0.1, -0.05) is 18.2 Å². The Hall–Kier alpha value is -1.02. The van der Waals surface area contributed by atoms with Gasteiger partial charge in [-0.2, -0.15) is 0 Å². The van der Waals surface area contributed by atoms with Crippen molar-refractivity contribution in [3.63, 3.8) is 0 Å². The average Bonchev–Trinajstić information content (AvgIpc) is 2.26. The first-order chi connectivity index (χ1) is 7.25. The number of nitrogens with two attached hydrogens (primary N) is 1. The third-order valence-corrected chi connectivity index (χ3v) is 2.99. The van der Waals surface area contributed by atoms with E-state index >= 15 is 0 Å². The van der Waals surface area contributed by atoms with E-state index in [1.165, 1.54) is 12.0 Å². The van der Waals surface area contributed by atoms with Crippen LogP contribution in [0.25, 0.3) is 0 Å². The van der Waals surface area contributed by atoms with Gasteiger partial charge in [-0.3, -0.25) is 0 Å². The van der Waals surface area contributed by atoms with Gasteiger partial charge >= 0.3 is 0 Å². The van der Waals surface area contributed by atoms with Crippen LogP contribution in [0.2, 0.25) is 0 Å². The quantitative estimate of drug-likeness (QED) is 0.822. The first kappa shape index (κ1) is 10.5. The largest absolute Gasteiger partial charge is 0.493 e. The van der Waals surface area contributed by atoms with E-state index < -0.39 is 0 Å². The molecule has 0 aromatic heterocycles. The Kier molecular flexibility index (Phi) is 3.27. The van der Waals surface area contributed by atoms with Gasteiger partial charge in [-0.15, -0.1) is 0 Å². The van der Waals surface area contributed by atoms with E-state index in [1.54, 1.807) is 0 Å². The lowest BCUT2D eigenvalue weighted by Crippen LogP contribution is -2.23. The molecule has 0 aliphatic carbocycles. The second-order valence-corrected chi connectivity index (χ2v) is 4.54. The summed E-state index contributed by atoms with van der Waals surface area (Å²) in [6.07, 6.45) is 3.41. The van der Waals surface area contributed by atoms with Gasteiger partial charge in [0.05, 0.1) is 6.61 Å². The van der Waals surface area contributed by atoms with Gasteiger partial charge in [0.25, 0.3) is 0 Å². The Morgan fingerprint density at radius 3 is 3.07 bits per heavy atom. The van der Waals surface area contributed by atoms with E-state index in [-0.39, 0.29) is 0 Å². The molecule has 0 amide bonds. The zero-order valence-corrected chi connectivity index (χ0v) is 9.28. The lowest BCUT2D eigenvalue weighted by molar-refractivity contribution is 0.210. The molecule has 1 heterocycles. The standard InChI is InChI=1S/C13H19NO/c1-10(14)6-7-11-8-12-4-2-3-5-13(12)15-9-11/h2-5,10-11H,6-9,14H2,1H3. The normalized spacial score (nSPS) is 21.6. The van der Waals surface area contributed by atoms with Crippen molar-refractivity contribution in [3.8, 4) is 5.75 Å². The van der Waals surface area contributed by atoms with E-state index in [0.29, 0.717) is 12.0 Å². The SMILES string of the molecule is CC(N)CCC1COc2ccccc2C1. The first-order valence-corrected chi connectivity index (χ1v) is 5.72. The molecule has 0 bridgehead atoms. The molecule has 2 rings (SSSR count). The van der Waals surface area contributed by atoms with E-state index in [1.807, 2.05) is 6.07 Å². The topological polar surface area (TPSA) is 35.2 Å². The summed E-state index contributed by atoms with van der Waals surface area (Å²) in [4.78, 5) is 0. The number of fused-ring (bicyclic) bond motifs is 1. The highest BCUT2D eigenvalue weighted by atomic mass is 16.5. The Morgan fingerprint density at radius 2 is 2.27 bits per heavy atom. The van der Waals surface area contributed by atoms with Crippen LogP contribution in [0.15, 0.2) is 24.3 Å². The summed E-state index contributed by atoms with van der Waals surface area (Å²) in [5.74, 6) is 1.71. The van der Waals surface area contributed by atoms with Gasteiger partial charge < -0.3 is 10.5 Å². The van der Waals surface area contributed by atoms with Crippen molar-refractivity contribution in [2.75, 3.05) is 6.61 Å². The molecule has 2 heteroatoms. The van der Waals surface area contributed by atoms with E-state index in [0.717, 1.165) is 25.2 Å². The third-order valence-electron chi connectivity index (χ3n) is 2.99. The molecule has 2 unspecified atom stereocenters. The van der Waals surface area contributed by atoms with Crippen LogP contribution in [0.4, 0.5) is 0 Å². The number of hydrogen-bond acceptors (Lipinski definition) is 2. The fraction of sp³-hybridized carbons (Fsp3) is 0.538. The van der Waals surface area contributed by atoms with E-state index in [9.17, 15) is 0 Å². The number of rotatable bonds is 3. The van der Waals surface area contributed by atoms with Gasteiger partial charge in [0.2, 0.25) is 0 Å². The number of ether oxygens (including phenoxy) is 1. The molecule has 2 atom stereocenters. The first-order valence-electron chi connectivity index (χ1n) is 5.72. The summed E-state index contributed by atoms with van der Waals surface area (Å²) >= 11 is 0. The molecule has 1 aliphatic rings. The van der Waals surface area contributed by atoms with Crippen LogP contribution >= 0.6 is 0 Å². The van der Waals surface area contributed by atoms with Gasteiger partial charge in [-0.25, -0.2) is 0 Å². The average molecular weight is 205 g/mol. The van der Waals surface area contributed by atoms with E-state index in [4.69, 9.17) is 10.5 Å². The minimum Gasteiger partial charge on any atom is -0.493 e. The van der Waals surface area contributed by atoms with Crippen LogP contribution in [0.1, 0.15) is 25.3 Å². The number of hydrogen-bond donors (Lipinski definition) is 1. The van der Waals surface area contributed by atoms with Crippen molar-refractivity contribution in [2.24, 2.45) is 11.7 Å². The molecule has 2 nitrogen and oxygen atoms in total. The summed E-state index contributed by atoms with van der Waals surface area (Å²) < 4.78 is 5.73. The van der Waals surface area contributed by atoms with Crippen LogP contribution in [0.3, 0.4) is 0 Å². The molecule has 1 aromatic rings. The lowest BCUT2D eigenvalue weighted by Gasteiger charge is -2.25. The predicted octanol–water partition coefficient (Wildman–Crippen LogP) is 2.37. The third kappa shape index (κ3) is 2.72.